The van der Waals surface area contributed by atoms with E-state index in [2.05, 4.69) is 4.98 Å². The van der Waals surface area contributed by atoms with E-state index in [1.54, 1.807) is 40.5 Å². The van der Waals surface area contributed by atoms with Gasteiger partial charge in [0.25, 0.3) is 17.7 Å². The van der Waals surface area contributed by atoms with Gasteiger partial charge in [0, 0.05) is 24.0 Å². The number of hydrogen-bond acceptors (Lipinski definition) is 6. The lowest BCUT2D eigenvalue weighted by Crippen LogP contribution is -2.46. The minimum Gasteiger partial charge on any atom is -0.478 e. The number of amides is 3. The molecule has 7 nitrogen and oxygen atoms in total. The van der Waals surface area contributed by atoms with E-state index in [-0.39, 0.29) is 24.3 Å². The highest BCUT2D eigenvalue weighted by Crippen LogP contribution is 2.38. The minimum absolute atomic E-state index is 0.112. The standard InChI is InChI=1S/C25H23N3O4S/c1-3-21-25(31)27(11-6-12-28-23(29)17-7-4-5-8-18(17)24(28)30)20-13-16(9-10-22(20)32-21)19-14-33-15(2)26-19/h4-5,7-10,13-14,21H,3,6,11-12H2,1-2H3. The molecule has 0 bridgehead atoms. The summed E-state index contributed by atoms with van der Waals surface area (Å²) in [6.07, 6.45) is 0.469. The molecule has 1 atom stereocenters. The molecule has 0 fully saturated rings. The predicted molar refractivity (Wildman–Crippen MR) is 126 cm³/mol. The largest absolute Gasteiger partial charge is 0.478 e. The van der Waals surface area contributed by atoms with Crippen LogP contribution < -0.4 is 9.64 Å². The van der Waals surface area contributed by atoms with Crippen molar-refractivity contribution in [3.63, 3.8) is 0 Å². The third-order valence-corrected chi connectivity index (χ3v) is 6.76. The normalized spacial score (nSPS) is 17.3. The summed E-state index contributed by atoms with van der Waals surface area (Å²) in [4.78, 5) is 46.0. The molecule has 168 valence electrons. The van der Waals surface area contributed by atoms with E-state index >= 15 is 0 Å². The molecule has 8 heteroatoms. The van der Waals surface area contributed by atoms with Crippen molar-refractivity contribution in [2.24, 2.45) is 0 Å². The zero-order valence-corrected chi connectivity index (χ0v) is 19.2. The van der Waals surface area contributed by atoms with Crippen molar-refractivity contribution >= 4 is 34.7 Å². The lowest BCUT2D eigenvalue weighted by molar-refractivity contribution is -0.126. The Morgan fingerprint density at radius 2 is 1.70 bits per heavy atom. The first-order valence-electron chi connectivity index (χ1n) is 11.0. The van der Waals surface area contributed by atoms with Crippen molar-refractivity contribution < 1.29 is 19.1 Å². The third-order valence-electron chi connectivity index (χ3n) is 5.99. The second kappa shape index (κ2) is 8.44. The fourth-order valence-corrected chi connectivity index (χ4v) is 4.92. The average Bonchev–Trinajstić information content (AvgIpc) is 3.37. The molecule has 0 aliphatic carbocycles. The molecule has 0 saturated carbocycles. The van der Waals surface area contributed by atoms with Crippen molar-refractivity contribution in [2.75, 3.05) is 18.0 Å². The van der Waals surface area contributed by atoms with Crippen LogP contribution in [0.1, 0.15) is 45.5 Å². The number of carbonyl (C=O) groups excluding carboxylic acids is 3. The first-order valence-corrected chi connectivity index (χ1v) is 11.9. The Bertz CT molecular complexity index is 1230. The fraction of sp³-hybridized carbons (Fsp3) is 0.280. The van der Waals surface area contributed by atoms with Crippen LogP contribution in [0.3, 0.4) is 0 Å². The molecule has 0 spiro atoms. The number of aromatic nitrogens is 1. The van der Waals surface area contributed by atoms with Crippen molar-refractivity contribution in [1.29, 1.82) is 0 Å². The van der Waals surface area contributed by atoms with Gasteiger partial charge in [0.05, 0.1) is 27.5 Å². The predicted octanol–water partition coefficient (Wildman–Crippen LogP) is 4.31. The van der Waals surface area contributed by atoms with Crippen molar-refractivity contribution in [3.8, 4) is 17.0 Å². The van der Waals surface area contributed by atoms with Gasteiger partial charge in [-0.2, -0.15) is 0 Å². The van der Waals surface area contributed by atoms with E-state index < -0.39 is 6.10 Å². The molecule has 2 aliphatic heterocycles. The maximum absolute atomic E-state index is 13.1. The molecule has 0 radical (unpaired) electrons. The molecule has 1 aromatic heterocycles. The molecule has 0 saturated heterocycles. The number of fused-ring (bicyclic) bond motifs is 2. The van der Waals surface area contributed by atoms with Gasteiger partial charge >= 0.3 is 0 Å². The van der Waals surface area contributed by atoms with Crippen molar-refractivity contribution in [3.05, 3.63) is 64.0 Å². The smallest absolute Gasteiger partial charge is 0.268 e. The number of thiazole rings is 1. The second-order valence-corrected chi connectivity index (χ2v) is 9.16. The van der Waals surface area contributed by atoms with Crippen molar-refractivity contribution in [2.45, 2.75) is 32.8 Å². The highest BCUT2D eigenvalue weighted by atomic mass is 32.1. The molecular formula is C25H23N3O4S. The van der Waals surface area contributed by atoms with Gasteiger partial charge in [0.15, 0.2) is 6.10 Å². The number of aryl methyl sites for hydroxylation is 1. The van der Waals surface area contributed by atoms with Crippen LogP contribution in [0.2, 0.25) is 0 Å². The molecule has 3 amide bonds. The van der Waals surface area contributed by atoms with Gasteiger partial charge in [0.1, 0.15) is 5.75 Å². The molecular weight excluding hydrogens is 438 g/mol. The van der Waals surface area contributed by atoms with E-state index in [1.165, 1.54) is 4.90 Å². The van der Waals surface area contributed by atoms with Crippen LogP contribution in [0.4, 0.5) is 5.69 Å². The molecule has 3 heterocycles. The van der Waals surface area contributed by atoms with E-state index in [0.29, 0.717) is 42.0 Å². The van der Waals surface area contributed by atoms with E-state index in [0.717, 1.165) is 16.3 Å². The summed E-state index contributed by atoms with van der Waals surface area (Å²) >= 11 is 1.57. The maximum atomic E-state index is 13.1. The first-order chi connectivity index (χ1) is 16.0. The van der Waals surface area contributed by atoms with E-state index in [1.807, 2.05) is 37.4 Å². The van der Waals surface area contributed by atoms with Gasteiger partial charge < -0.3 is 9.64 Å². The Hall–Kier alpha value is -3.52. The molecule has 33 heavy (non-hydrogen) atoms. The summed E-state index contributed by atoms with van der Waals surface area (Å²) in [5.74, 6) is -0.0225. The Morgan fingerprint density at radius 1 is 1.00 bits per heavy atom. The number of hydrogen-bond donors (Lipinski definition) is 0. The number of anilines is 1. The van der Waals surface area contributed by atoms with Crippen LogP contribution >= 0.6 is 11.3 Å². The molecule has 1 unspecified atom stereocenters. The summed E-state index contributed by atoms with van der Waals surface area (Å²) in [7, 11) is 0. The zero-order valence-electron chi connectivity index (χ0n) is 18.4. The lowest BCUT2D eigenvalue weighted by atomic mass is 10.1. The lowest BCUT2D eigenvalue weighted by Gasteiger charge is -2.34. The van der Waals surface area contributed by atoms with Gasteiger partial charge in [-0.3, -0.25) is 19.3 Å². The number of carbonyl (C=O) groups is 3. The monoisotopic (exact) mass is 461 g/mol. The van der Waals surface area contributed by atoms with Crippen molar-refractivity contribution in [1.82, 2.24) is 9.88 Å². The zero-order chi connectivity index (χ0) is 23.1. The Kier molecular flexibility index (Phi) is 5.46. The van der Waals surface area contributed by atoms with Crippen LogP contribution in [0, 0.1) is 6.92 Å². The molecule has 2 aromatic carbocycles. The van der Waals surface area contributed by atoms with Crippen LogP contribution in [-0.2, 0) is 4.79 Å². The summed E-state index contributed by atoms with van der Waals surface area (Å²) in [6, 6.07) is 12.6. The average molecular weight is 462 g/mol. The van der Waals surface area contributed by atoms with Gasteiger partial charge in [-0.1, -0.05) is 19.1 Å². The van der Waals surface area contributed by atoms with E-state index in [4.69, 9.17) is 4.74 Å². The molecule has 3 aromatic rings. The second-order valence-electron chi connectivity index (χ2n) is 8.10. The molecule has 5 rings (SSSR count). The Morgan fingerprint density at radius 3 is 2.33 bits per heavy atom. The number of benzene rings is 2. The summed E-state index contributed by atoms with van der Waals surface area (Å²) in [5, 5.41) is 2.96. The Balaban J connectivity index is 1.37. The first kappa shape index (κ1) is 21.3. The highest BCUT2D eigenvalue weighted by Gasteiger charge is 2.36. The number of imide groups is 1. The topological polar surface area (TPSA) is 79.8 Å². The summed E-state index contributed by atoms with van der Waals surface area (Å²) in [5.41, 5.74) is 3.33. The Labute approximate surface area is 195 Å². The summed E-state index contributed by atoms with van der Waals surface area (Å²) in [6.45, 7) is 4.49. The van der Waals surface area contributed by atoms with Gasteiger partial charge in [0.2, 0.25) is 0 Å². The van der Waals surface area contributed by atoms with Gasteiger partial charge in [-0.15, -0.1) is 11.3 Å². The number of nitrogens with zero attached hydrogens (tertiary/aromatic N) is 3. The fourth-order valence-electron chi connectivity index (χ4n) is 4.30. The third kappa shape index (κ3) is 3.70. The van der Waals surface area contributed by atoms with Crippen LogP contribution in [-0.4, -0.2) is 46.8 Å². The number of rotatable bonds is 6. The molecule has 0 N–H and O–H groups in total. The SMILES string of the molecule is CCC1Oc2ccc(-c3csc(C)n3)cc2N(CCCN2C(=O)c3ccccc3C2=O)C1=O. The highest BCUT2D eigenvalue weighted by molar-refractivity contribution is 7.09. The van der Waals surface area contributed by atoms with Crippen LogP contribution in [0.15, 0.2) is 47.8 Å². The minimum atomic E-state index is -0.552. The molecule has 2 aliphatic rings. The summed E-state index contributed by atoms with van der Waals surface area (Å²) < 4.78 is 5.95. The van der Waals surface area contributed by atoms with Crippen LogP contribution in [0.25, 0.3) is 11.3 Å². The van der Waals surface area contributed by atoms with Gasteiger partial charge in [-0.25, -0.2) is 4.98 Å². The number of ether oxygens (including phenoxy) is 1. The van der Waals surface area contributed by atoms with E-state index in [9.17, 15) is 14.4 Å². The maximum Gasteiger partial charge on any atom is 0.268 e. The van der Waals surface area contributed by atoms with Crippen LogP contribution in [0.5, 0.6) is 5.75 Å². The quantitative estimate of drug-likeness (QED) is 0.511. The van der Waals surface area contributed by atoms with Gasteiger partial charge in [-0.05, 0) is 50.1 Å².